The van der Waals surface area contributed by atoms with Gasteiger partial charge in [-0.2, -0.15) is 40.5 Å². The summed E-state index contributed by atoms with van der Waals surface area (Å²) in [6.45, 7) is 4.71. The quantitative estimate of drug-likeness (QED) is 0.276. The maximum Gasteiger partial charge on any atom is 0.448 e. The molecule has 3 heteroatoms. The molecule has 0 radical (unpaired) electrons. The van der Waals surface area contributed by atoms with Crippen LogP contribution in [0, 0.1) is 0 Å². The van der Waals surface area contributed by atoms with E-state index in [9.17, 15) is 0 Å². The molecule has 1 unspecified atom stereocenters. The third kappa shape index (κ3) is 10.3. The van der Waals surface area contributed by atoms with Crippen LogP contribution in [0.5, 0.6) is 0 Å². The van der Waals surface area contributed by atoms with Crippen LogP contribution in [-0.2, 0) is 0 Å². The van der Waals surface area contributed by atoms with Crippen LogP contribution >= 0.6 is 40.5 Å². The predicted molar refractivity (Wildman–Crippen MR) is 81.2 cm³/mol. The first-order valence-corrected chi connectivity index (χ1v) is 14.5. The van der Waals surface area contributed by atoms with Crippen LogP contribution in [-0.4, -0.2) is 7.58 Å². The van der Waals surface area contributed by atoms with Gasteiger partial charge in [0, 0.05) is 0 Å². The monoisotopic (exact) mass is 422 g/mol. The molecule has 0 saturated heterocycles. The molecule has 0 nitrogen and oxygen atoms in total. The molecule has 0 saturated carbocycles. The summed E-state index contributed by atoms with van der Waals surface area (Å²) in [5.41, 5.74) is 0. The number of hydrogen-bond donors (Lipinski definition) is 0. The Hall–Kier alpha value is 1.99. The van der Waals surface area contributed by atoms with E-state index in [0.717, 1.165) is 4.78 Å². The minimum atomic E-state index is -0.390. The summed E-state index contributed by atoms with van der Waals surface area (Å²) in [6, 6.07) is 0. The second-order valence-electron chi connectivity index (χ2n) is 3.87. The minimum Gasteiger partial charge on any atom is -0.191 e. The molecule has 0 amide bonds. The minimum absolute atomic E-state index is 0.390. The maximum absolute atomic E-state index is 2.67. The van der Waals surface area contributed by atoms with E-state index in [0.29, 0.717) is 0 Å². The van der Waals surface area contributed by atoms with Gasteiger partial charge in [0.05, 0.1) is 0 Å². The second-order valence-corrected chi connectivity index (χ2v) is 20.9. The van der Waals surface area contributed by atoms with E-state index < -0.39 is 0 Å². The van der Waals surface area contributed by atoms with Gasteiger partial charge in [-0.15, -0.1) is 0 Å². The number of rotatable bonds is 8. The van der Waals surface area contributed by atoms with E-state index in [1.165, 1.54) is 44.9 Å². The summed E-state index contributed by atoms with van der Waals surface area (Å²) in [6.07, 6.45) is 10.2. The summed E-state index contributed by atoms with van der Waals surface area (Å²) in [7, 11) is -0.390. The van der Waals surface area contributed by atoms with Gasteiger partial charge in [-0.25, -0.2) is 0 Å². The molecule has 0 N–H and O–H groups in total. The van der Waals surface area contributed by atoms with Crippen LogP contribution in [0.15, 0.2) is 0 Å². The molecular weight excluding hydrogens is 401 g/mol. The largest absolute Gasteiger partial charge is 0.448 e. The SMILES string of the molecule is CCCCCCCC[CH](C)[Al]([I])[I]. The van der Waals surface area contributed by atoms with Gasteiger partial charge in [0.2, 0.25) is 0 Å². The second kappa shape index (κ2) is 10.5. The first-order valence-electron chi connectivity index (χ1n) is 5.46. The van der Waals surface area contributed by atoms with Gasteiger partial charge in [-0.3, -0.25) is 0 Å². The molecule has 0 fully saturated rings. The first kappa shape index (κ1) is 15.0. The lowest BCUT2D eigenvalue weighted by Crippen LogP contribution is -2.00. The third-order valence-corrected chi connectivity index (χ3v) is 11.0. The molecule has 0 heterocycles. The normalized spacial score (nSPS) is 12.9. The summed E-state index contributed by atoms with van der Waals surface area (Å²) < 4.78 is 1.03. The average Bonchev–Trinajstić information content (AvgIpc) is 2.10. The molecule has 13 heavy (non-hydrogen) atoms. The topological polar surface area (TPSA) is 0 Å². The van der Waals surface area contributed by atoms with Crippen LogP contribution in [0.25, 0.3) is 0 Å². The zero-order valence-electron chi connectivity index (χ0n) is 8.86. The third-order valence-electron chi connectivity index (χ3n) is 2.44. The highest BCUT2D eigenvalue weighted by atomic mass is 127. The lowest BCUT2D eigenvalue weighted by Gasteiger charge is -2.08. The highest BCUT2D eigenvalue weighted by molar-refractivity contribution is 14.3. The van der Waals surface area contributed by atoms with Crippen LogP contribution < -0.4 is 0 Å². The lowest BCUT2D eigenvalue weighted by molar-refractivity contribution is 0.584. The van der Waals surface area contributed by atoms with Crippen molar-refractivity contribution in [2.45, 2.75) is 63.6 Å². The van der Waals surface area contributed by atoms with E-state index >= 15 is 0 Å². The fourth-order valence-corrected chi connectivity index (χ4v) is 4.02. The molecule has 0 rings (SSSR count). The number of unbranched alkanes of at least 4 members (excludes halogenated alkanes) is 5. The van der Waals surface area contributed by atoms with E-state index in [4.69, 9.17) is 0 Å². The van der Waals surface area contributed by atoms with Gasteiger partial charge in [0.1, 0.15) is 0 Å². The van der Waals surface area contributed by atoms with Gasteiger partial charge in [-0.1, -0.05) is 63.6 Å². The Balaban J connectivity index is 3.07. The van der Waals surface area contributed by atoms with Crippen molar-refractivity contribution >= 4 is 48.1 Å². The zero-order chi connectivity index (χ0) is 10.1. The Labute approximate surface area is 110 Å². The standard InChI is InChI=1S/C10H21.Al.2HI/c1-3-5-7-9-10-8-6-4-2;;;/h3H,4-10H2,1-2H3;;2*1H/q;+2;;/p-2. The zero-order valence-corrected chi connectivity index (χ0v) is 14.3. The van der Waals surface area contributed by atoms with Crippen molar-refractivity contribution in [1.82, 2.24) is 0 Å². The fraction of sp³-hybridized carbons (Fsp3) is 1.00. The van der Waals surface area contributed by atoms with Gasteiger partial charge >= 0.3 is 7.58 Å². The highest BCUT2D eigenvalue weighted by Crippen LogP contribution is 2.26. The van der Waals surface area contributed by atoms with Crippen molar-refractivity contribution < 1.29 is 0 Å². The molecule has 0 aromatic rings. The molecular formula is C10H21AlI2. The Bertz CT molecular complexity index is 107. The molecule has 0 aromatic heterocycles. The summed E-state index contributed by atoms with van der Waals surface area (Å²) in [5, 5.41) is 0. The summed E-state index contributed by atoms with van der Waals surface area (Å²) >= 11 is 5.34. The summed E-state index contributed by atoms with van der Waals surface area (Å²) in [5.74, 6) is 0. The first-order chi connectivity index (χ1) is 6.18. The molecule has 1 atom stereocenters. The Morgan fingerprint density at radius 2 is 1.54 bits per heavy atom. The van der Waals surface area contributed by atoms with E-state index in [-0.39, 0.29) is 7.58 Å². The Morgan fingerprint density at radius 3 is 2.08 bits per heavy atom. The lowest BCUT2D eigenvalue weighted by atomic mass is 10.1. The van der Waals surface area contributed by atoms with Crippen molar-refractivity contribution in [1.29, 1.82) is 0 Å². The number of halogens is 2. The molecule has 0 aliphatic rings. The molecule has 0 aliphatic heterocycles. The van der Waals surface area contributed by atoms with Gasteiger partial charge in [0.15, 0.2) is 0 Å². The van der Waals surface area contributed by atoms with Crippen molar-refractivity contribution in [3.05, 3.63) is 0 Å². The molecule has 0 spiro atoms. The Morgan fingerprint density at radius 1 is 1.00 bits per heavy atom. The van der Waals surface area contributed by atoms with Crippen molar-refractivity contribution in [2.75, 3.05) is 0 Å². The van der Waals surface area contributed by atoms with Gasteiger partial charge < -0.3 is 0 Å². The average molecular weight is 422 g/mol. The number of hydrogen-bond acceptors (Lipinski definition) is 0. The molecule has 0 aromatic carbocycles. The van der Waals surface area contributed by atoms with Crippen LogP contribution in [0.3, 0.4) is 0 Å². The summed E-state index contributed by atoms with van der Waals surface area (Å²) in [4.78, 5) is 0. The van der Waals surface area contributed by atoms with Crippen LogP contribution in [0.2, 0.25) is 4.78 Å². The predicted octanol–water partition coefficient (Wildman–Crippen LogP) is 5.49. The fourth-order valence-electron chi connectivity index (χ4n) is 1.37. The van der Waals surface area contributed by atoms with Gasteiger partial charge in [0.25, 0.3) is 0 Å². The van der Waals surface area contributed by atoms with Crippen LogP contribution in [0.1, 0.15) is 58.8 Å². The van der Waals surface area contributed by atoms with E-state index in [1.54, 1.807) is 0 Å². The maximum atomic E-state index is 2.67. The molecule has 78 valence electrons. The van der Waals surface area contributed by atoms with E-state index in [2.05, 4.69) is 54.4 Å². The highest BCUT2D eigenvalue weighted by Gasteiger charge is 2.17. The van der Waals surface area contributed by atoms with E-state index in [1.807, 2.05) is 0 Å². The van der Waals surface area contributed by atoms with Gasteiger partial charge in [-0.05, 0) is 0 Å². The molecule has 0 aliphatic carbocycles. The van der Waals surface area contributed by atoms with Crippen LogP contribution in [0.4, 0.5) is 0 Å². The smallest absolute Gasteiger partial charge is 0.191 e. The molecule has 0 bridgehead atoms. The Kier molecular flexibility index (Phi) is 12.1. The van der Waals surface area contributed by atoms with Crippen molar-refractivity contribution in [3.8, 4) is 0 Å². The van der Waals surface area contributed by atoms with Crippen molar-refractivity contribution in [3.63, 3.8) is 0 Å². The van der Waals surface area contributed by atoms with Crippen molar-refractivity contribution in [2.24, 2.45) is 0 Å².